The highest BCUT2D eigenvalue weighted by molar-refractivity contribution is 5.69. The number of aliphatic hydroxyl groups excluding tert-OH is 2. The van der Waals surface area contributed by atoms with Crippen LogP contribution in [0.4, 0.5) is 0 Å². The van der Waals surface area contributed by atoms with Gasteiger partial charge in [-0.25, -0.2) is 0 Å². The van der Waals surface area contributed by atoms with Crippen LogP contribution in [-0.2, 0) is 9.53 Å². The zero-order valence-electron chi connectivity index (χ0n) is 27.7. The van der Waals surface area contributed by atoms with Crippen LogP contribution in [0.2, 0.25) is 0 Å². The summed E-state index contributed by atoms with van der Waals surface area (Å²) in [5.74, 6) is -0.231. The third-order valence-electron chi connectivity index (χ3n) is 8.38. The Kier molecular flexibility index (Phi) is 32.9. The predicted molar refractivity (Wildman–Crippen MR) is 177 cm³/mol. The van der Waals surface area contributed by atoms with Gasteiger partial charge in [-0.3, -0.25) is 4.79 Å². The minimum atomic E-state index is -0.977. The van der Waals surface area contributed by atoms with Crippen LogP contribution in [0.1, 0.15) is 200 Å². The zero-order valence-corrected chi connectivity index (χ0v) is 27.7. The van der Waals surface area contributed by atoms with Gasteiger partial charge in [0, 0.05) is 6.42 Å². The Morgan fingerprint density at radius 3 is 1.34 bits per heavy atom. The highest BCUT2D eigenvalue weighted by Gasteiger charge is 2.22. The van der Waals surface area contributed by atoms with Gasteiger partial charge in [-0.2, -0.15) is 0 Å². The van der Waals surface area contributed by atoms with Crippen molar-refractivity contribution in [3.05, 3.63) is 12.2 Å². The molecule has 2 atom stereocenters. The predicted octanol–water partition coefficient (Wildman–Crippen LogP) is 11.2. The lowest BCUT2D eigenvalue weighted by molar-refractivity contribution is -0.157. The maximum absolute atomic E-state index is 12.3. The second kappa shape index (κ2) is 33.6. The van der Waals surface area contributed by atoms with Crippen molar-refractivity contribution >= 4 is 5.97 Å². The number of hydrogen-bond donors (Lipinski definition) is 2. The van der Waals surface area contributed by atoms with Crippen LogP contribution in [0.15, 0.2) is 12.2 Å². The normalized spacial score (nSPS) is 13.2. The van der Waals surface area contributed by atoms with Gasteiger partial charge in [0.2, 0.25) is 0 Å². The second-order valence-corrected chi connectivity index (χ2v) is 12.5. The van der Waals surface area contributed by atoms with Gasteiger partial charge in [-0.1, -0.05) is 161 Å². The number of carbonyl (C=O) groups is 1. The summed E-state index contributed by atoms with van der Waals surface area (Å²) in [6, 6.07) is 0. The number of carbonyl (C=O) groups excluding carboxylic acids is 1. The lowest BCUT2D eigenvalue weighted by Crippen LogP contribution is -2.34. The van der Waals surface area contributed by atoms with Crippen molar-refractivity contribution in [3.8, 4) is 0 Å². The number of hydrogen-bond acceptors (Lipinski definition) is 4. The molecule has 0 rings (SSSR count). The SMILES string of the molecule is CCCCCCCC/C=C\CCCCCCCC(=O)OC(CCCCCCCCCCCCCCCC)C(O)CO. The Morgan fingerprint density at radius 1 is 0.561 bits per heavy atom. The molecule has 2 N–H and O–H groups in total. The van der Waals surface area contributed by atoms with Gasteiger partial charge in [0.15, 0.2) is 0 Å². The van der Waals surface area contributed by atoms with Crippen molar-refractivity contribution in [2.75, 3.05) is 6.61 Å². The molecule has 0 saturated carbocycles. The third-order valence-corrected chi connectivity index (χ3v) is 8.38. The highest BCUT2D eigenvalue weighted by atomic mass is 16.6. The van der Waals surface area contributed by atoms with Crippen LogP contribution in [0.3, 0.4) is 0 Å². The lowest BCUT2D eigenvalue weighted by atomic mass is 10.0. The molecule has 4 nitrogen and oxygen atoms in total. The van der Waals surface area contributed by atoms with E-state index in [9.17, 15) is 15.0 Å². The Bertz CT molecular complexity index is 547. The van der Waals surface area contributed by atoms with Gasteiger partial charge >= 0.3 is 5.97 Å². The van der Waals surface area contributed by atoms with E-state index in [1.54, 1.807) is 0 Å². The van der Waals surface area contributed by atoms with Crippen molar-refractivity contribution in [1.82, 2.24) is 0 Å². The lowest BCUT2D eigenvalue weighted by Gasteiger charge is -2.22. The van der Waals surface area contributed by atoms with Crippen molar-refractivity contribution in [2.45, 2.75) is 212 Å². The number of unbranched alkanes of at least 4 members (excludes halogenated alkanes) is 24. The molecule has 0 aromatic heterocycles. The maximum atomic E-state index is 12.3. The number of esters is 1. The van der Waals surface area contributed by atoms with Crippen LogP contribution in [0.25, 0.3) is 0 Å². The fraction of sp³-hybridized carbons (Fsp3) is 0.919. The van der Waals surface area contributed by atoms with E-state index in [0.29, 0.717) is 12.8 Å². The van der Waals surface area contributed by atoms with E-state index in [1.807, 2.05) is 0 Å². The molecule has 0 heterocycles. The minimum absolute atomic E-state index is 0.231. The summed E-state index contributed by atoms with van der Waals surface area (Å²) < 4.78 is 5.58. The van der Waals surface area contributed by atoms with Crippen molar-refractivity contribution < 1.29 is 19.7 Å². The molecule has 0 fully saturated rings. The Balaban J connectivity index is 3.67. The molecule has 0 saturated heterocycles. The molecule has 0 aromatic carbocycles. The molecule has 0 aliphatic heterocycles. The Hall–Kier alpha value is -0.870. The van der Waals surface area contributed by atoms with Crippen LogP contribution < -0.4 is 0 Å². The summed E-state index contributed by atoms with van der Waals surface area (Å²) in [7, 11) is 0. The summed E-state index contributed by atoms with van der Waals surface area (Å²) in [6.07, 6.45) is 38.4. The smallest absolute Gasteiger partial charge is 0.306 e. The van der Waals surface area contributed by atoms with E-state index in [4.69, 9.17) is 4.74 Å². The van der Waals surface area contributed by atoms with Gasteiger partial charge < -0.3 is 14.9 Å². The van der Waals surface area contributed by atoms with Crippen molar-refractivity contribution in [2.24, 2.45) is 0 Å². The topological polar surface area (TPSA) is 66.8 Å². The molecule has 0 aromatic rings. The van der Waals surface area contributed by atoms with Crippen LogP contribution in [0, 0.1) is 0 Å². The molecule has 0 spiro atoms. The minimum Gasteiger partial charge on any atom is -0.460 e. The third kappa shape index (κ3) is 30.4. The standard InChI is InChI=1S/C37H72O4/c1-3-5-7-9-11-13-15-17-19-21-23-25-27-29-31-33-37(40)41-36(35(39)34-38)32-30-28-26-24-22-20-18-16-14-12-10-8-6-4-2/h17,19,35-36,38-39H,3-16,18,20-34H2,1-2H3/b19-17-. The van der Waals surface area contributed by atoms with Gasteiger partial charge in [0.05, 0.1) is 6.61 Å². The van der Waals surface area contributed by atoms with Gasteiger partial charge in [-0.15, -0.1) is 0 Å². The molecule has 4 heteroatoms. The molecule has 41 heavy (non-hydrogen) atoms. The number of aliphatic hydroxyl groups is 2. The summed E-state index contributed by atoms with van der Waals surface area (Å²) in [5, 5.41) is 19.5. The maximum Gasteiger partial charge on any atom is 0.306 e. The molecular formula is C37H72O4. The molecular weight excluding hydrogens is 508 g/mol. The average Bonchev–Trinajstić information content (AvgIpc) is 2.98. The van der Waals surface area contributed by atoms with E-state index in [0.717, 1.165) is 38.5 Å². The summed E-state index contributed by atoms with van der Waals surface area (Å²) in [5.41, 5.74) is 0. The summed E-state index contributed by atoms with van der Waals surface area (Å²) >= 11 is 0. The first-order chi connectivity index (χ1) is 20.2. The fourth-order valence-corrected chi connectivity index (χ4v) is 5.56. The molecule has 0 bridgehead atoms. The van der Waals surface area contributed by atoms with E-state index in [1.165, 1.54) is 135 Å². The number of rotatable bonds is 33. The van der Waals surface area contributed by atoms with E-state index < -0.39 is 12.2 Å². The first-order valence-electron chi connectivity index (χ1n) is 18.3. The highest BCUT2D eigenvalue weighted by Crippen LogP contribution is 2.17. The van der Waals surface area contributed by atoms with Crippen molar-refractivity contribution in [3.63, 3.8) is 0 Å². The molecule has 0 radical (unpaired) electrons. The van der Waals surface area contributed by atoms with E-state index in [-0.39, 0.29) is 12.6 Å². The largest absolute Gasteiger partial charge is 0.460 e. The molecule has 0 aliphatic carbocycles. The number of allylic oxidation sites excluding steroid dienone is 2. The van der Waals surface area contributed by atoms with Gasteiger partial charge in [0.1, 0.15) is 12.2 Å². The van der Waals surface area contributed by atoms with E-state index in [2.05, 4.69) is 26.0 Å². The van der Waals surface area contributed by atoms with Crippen LogP contribution in [0.5, 0.6) is 0 Å². The van der Waals surface area contributed by atoms with Gasteiger partial charge in [-0.05, 0) is 44.9 Å². The van der Waals surface area contributed by atoms with Crippen LogP contribution in [-0.4, -0.2) is 35.0 Å². The molecule has 0 amide bonds. The first-order valence-corrected chi connectivity index (χ1v) is 18.3. The fourth-order valence-electron chi connectivity index (χ4n) is 5.56. The quantitative estimate of drug-likeness (QED) is 0.0460. The Morgan fingerprint density at radius 2 is 0.927 bits per heavy atom. The first kappa shape index (κ1) is 40.1. The van der Waals surface area contributed by atoms with Crippen molar-refractivity contribution in [1.29, 1.82) is 0 Å². The second-order valence-electron chi connectivity index (χ2n) is 12.5. The van der Waals surface area contributed by atoms with E-state index >= 15 is 0 Å². The molecule has 0 aliphatic rings. The van der Waals surface area contributed by atoms with Crippen LogP contribution >= 0.6 is 0 Å². The monoisotopic (exact) mass is 581 g/mol. The summed E-state index contributed by atoms with van der Waals surface area (Å²) in [6.45, 7) is 4.18. The average molecular weight is 581 g/mol. The molecule has 244 valence electrons. The zero-order chi connectivity index (χ0) is 30.1. The summed E-state index contributed by atoms with van der Waals surface area (Å²) in [4.78, 5) is 12.3. The Labute approximate surface area is 256 Å². The number of ether oxygens (including phenoxy) is 1. The van der Waals surface area contributed by atoms with Gasteiger partial charge in [0.25, 0.3) is 0 Å². The molecule has 2 unspecified atom stereocenters.